The Morgan fingerprint density at radius 2 is 2.00 bits per heavy atom. The lowest BCUT2D eigenvalue weighted by molar-refractivity contribution is 0.0545. The van der Waals surface area contributed by atoms with E-state index in [4.69, 9.17) is 11.6 Å². The van der Waals surface area contributed by atoms with Crippen LogP contribution in [-0.2, 0) is 7.05 Å². The van der Waals surface area contributed by atoms with Crippen LogP contribution in [0.4, 0.5) is 0 Å². The zero-order valence-corrected chi connectivity index (χ0v) is 12.3. The molecule has 2 rings (SSSR count). The summed E-state index contributed by atoms with van der Waals surface area (Å²) >= 11 is 6.20. The minimum atomic E-state index is -0.294. The Kier molecular flexibility index (Phi) is 4.16. The van der Waals surface area contributed by atoms with Crippen molar-refractivity contribution in [3.63, 3.8) is 0 Å². The molecular weight excluding hydrogens is 266 g/mol. The molecule has 2 heterocycles. The molecule has 0 saturated carbocycles. The summed E-state index contributed by atoms with van der Waals surface area (Å²) in [4.78, 5) is 14.3. The van der Waals surface area contributed by atoms with E-state index in [1.807, 2.05) is 13.8 Å². The molecule has 19 heavy (non-hydrogen) atoms. The Balaban J connectivity index is 2.28. The van der Waals surface area contributed by atoms with E-state index in [1.54, 1.807) is 16.6 Å². The number of aromatic nitrogens is 2. The number of halogens is 1. The molecule has 0 aromatic carbocycles. The molecule has 1 fully saturated rings. The van der Waals surface area contributed by atoms with Crippen molar-refractivity contribution in [1.82, 2.24) is 14.7 Å². The number of aryl methyl sites for hydroxylation is 1. The number of likely N-dealkylation sites (tertiary alicyclic amines) is 1. The average molecular weight is 286 g/mol. The van der Waals surface area contributed by atoms with Gasteiger partial charge in [0.1, 0.15) is 5.15 Å². The predicted octanol–water partition coefficient (Wildman–Crippen LogP) is 1.79. The van der Waals surface area contributed by atoms with Gasteiger partial charge < -0.3 is 10.0 Å². The minimum Gasteiger partial charge on any atom is -0.393 e. The number of carbonyl (C=O) groups is 1. The van der Waals surface area contributed by atoms with Gasteiger partial charge in [0.2, 0.25) is 0 Å². The van der Waals surface area contributed by atoms with E-state index in [9.17, 15) is 9.90 Å². The number of carbonyl (C=O) groups excluding carboxylic acids is 1. The Morgan fingerprint density at radius 3 is 2.53 bits per heavy atom. The summed E-state index contributed by atoms with van der Waals surface area (Å²) in [6.45, 7) is 5.14. The summed E-state index contributed by atoms with van der Waals surface area (Å²) in [5, 5.41) is 14.2. The molecule has 0 spiro atoms. The number of rotatable bonds is 2. The van der Waals surface area contributed by atoms with Gasteiger partial charge in [-0.3, -0.25) is 9.48 Å². The molecule has 5 nitrogen and oxygen atoms in total. The molecule has 6 heteroatoms. The lowest BCUT2D eigenvalue weighted by Crippen LogP contribution is -2.40. The largest absolute Gasteiger partial charge is 0.393 e. The highest BCUT2D eigenvalue weighted by atomic mass is 35.5. The SMILES string of the molecule is CC(C)c1nn(C)c(Cl)c1C(=O)N1CCC(O)CC1. The van der Waals surface area contributed by atoms with Crippen LogP contribution in [0.25, 0.3) is 0 Å². The maximum absolute atomic E-state index is 12.6. The molecule has 1 aliphatic rings. The number of hydrogen-bond acceptors (Lipinski definition) is 3. The Labute approximate surface area is 118 Å². The molecule has 1 amide bonds. The van der Waals surface area contributed by atoms with Crippen molar-refractivity contribution in [1.29, 1.82) is 0 Å². The van der Waals surface area contributed by atoms with Crippen molar-refractivity contribution in [2.75, 3.05) is 13.1 Å². The maximum Gasteiger partial charge on any atom is 0.258 e. The van der Waals surface area contributed by atoms with E-state index in [-0.39, 0.29) is 17.9 Å². The molecule has 1 N–H and O–H groups in total. The number of piperidine rings is 1. The van der Waals surface area contributed by atoms with Gasteiger partial charge in [0.25, 0.3) is 5.91 Å². The first-order valence-corrected chi connectivity index (χ1v) is 6.99. The molecular formula is C13H20ClN3O2. The van der Waals surface area contributed by atoms with Crippen LogP contribution >= 0.6 is 11.6 Å². The number of aliphatic hydroxyl groups excluding tert-OH is 1. The van der Waals surface area contributed by atoms with Crippen molar-refractivity contribution in [3.8, 4) is 0 Å². The van der Waals surface area contributed by atoms with Crippen LogP contribution in [0.2, 0.25) is 5.15 Å². The molecule has 0 atom stereocenters. The lowest BCUT2D eigenvalue weighted by atomic mass is 10.0. The topological polar surface area (TPSA) is 58.4 Å². The van der Waals surface area contributed by atoms with Crippen molar-refractivity contribution in [2.24, 2.45) is 7.05 Å². The molecule has 1 aromatic heterocycles. The molecule has 0 aliphatic carbocycles. The van der Waals surface area contributed by atoms with Gasteiger partial charge >= 0.3 is 0 Å². The zero-order valence-electron chi connectivity index (χ0n) is 11.6. The molecule has 0 unspecified atom stereocenters. The van der Waals surface area contributed by atoms with E-state index in [2.05, 4.69) is 5.10 Å². The van der Waals surface area contributed by atoms with E-state index in [0.717, 1.165) is 5.69 Å². The molecule has 1 aromatic rings. The summed E-state index contributed by atoms with van der Waals surface area (Å²) in [6, 6.07) is 0. The van der Waals surface area contributed by atoms with Crippen LogP contribution in [0.1, 0.15) is 48.7 Å². The highest BCUT2D eigenvalue weighted by Gasteiger charge is 2.29. The summed E-state index contributed by atoms with van der Waals surface area (Å²) in [5.74, 6) is 0.0710. The van der Waals surface area contributed by atoms with Crippen molar-refractivity contribution in [3.05, 3.63) is 16.4 Å². The van der Waals surface area contributed by atoms with Crippen molar-refractivity contribution in [2.45, 2.75) is 38.7 Å². The first kappa shape index (κ1) is 14.3. The van der Waals surface area contributed by atoms with Gasteiger partial charge in [-0.15, -0.1) is 0 Å². The van der Waals surface area contributed by atoms with Gasteiger partial charge in [-0.2, -0.15) is 5.10 Å². The van der Waals surface area contributed by atoms with Gasteiger partial charge in [0.15, 0.2) is 0 Å². The first-order valence-electron chi connectivity index (χ1n) is 6.61. The summed E-state index contributed by atoms with van der Waals surface area (Å²) in [7, 11) is 1.74. The second kappa shape index (κ2) is 5.51. The Hall–Kier alpha value is -1.07. The van der Waals surface area contributed by atoms with E-state index < -0.39 is 0 Å². The molecule has 106 valence electrons. The minimum absolute atomic E-state index is 0.0753. The number of nitrogens with zero attached hydrogens (tertiary/aromatic N) is 3. The lowest BCUT2D eigenvalue weighted by Gasteiger charge is -2.29. The third-order valence-corrected chi connectivity index (χ3v) is 3.95. The molecule has 1 aliphatic heterocycles. The molecule has 0 radical (unpaired) electrons. The highest BCUT2D eigenvalue weighted by Crippen LogP contribution is 2.27. The third-order valence-electron chi connectivity index (χ3n) is 3.52. The number of hydrogen-bond donors (Lipinski definition) is 1. The van der Waals surface area contributed by atoms with Crippen LogP contribution in [0, 0.1) is 0 Å². The van der Waals surface area contributed by atoms with Crippen molar-refractivity contribution < 1.29 is 9.90 Å². The highest BCUT2D eigenvalue weighted by molar-refractivity contribution is 6.33. The fraction of sp³-hybridized carbons (Fsp3) is 0.692. The third kappa shape index (κ3) is 2.77. The second-order valence-electron chi connectivity index (χ2n) is 5.35. The van der Waals surface area contributed by atoms with E-state index in [1.165, 1.54) is 0 Å². The van der Waals surface area contributed by atoms with Crippen molar-refractivity contribution >= 4 is 17.5 Å². The monoisotopic (exact) mass is 285 g/mol. The quantitative estimate of drug-likeness (QED) is 0.901. The maximum atomic E-state index is 12.6. The number of aliphatic hydroxyl groups is 1. The van der Waals surface area contributed by atoms with Crippen LogP contribution in [0.3, 0.4) is 0 Å². The van der Waals surface area contributed by atoms with E-state index in [0.29, 0.717) is 36.6 Å². The fourth-order valence-electron chi connectivity index (χ4n) is 2.35. The summed E-state index contributed by atoms with van der Waals surface area (Å²) in [5.41, 5.74) is 1.25. The van der Waals surface area contributed by atoms with E-state index >= 15 is 0 Å². The van der Waals surface area contributed by atoms with Gasteiger partial charge in [0.05, 0.1) is 17.4 Å². The summed E-state index contributed by atoms with van der Waals surface area (Å²) < 4.78 is 1.54. The van der Waals surface area contributed by atoms with Crippen LogP contribution in [0.5, 0.6) is 0 Å². The van der Waals surface area contributed by atoms with Gasteiger partial charge in [0, 0.05) is 20.1 Å². The normalized spacial score (nSPS) is 17.3. The second-order valence-corrected chi connectivity index (χ2v) is 5.71. The van der Waals surface area contributed by atoms with Gasteiger partial charge in [-0.25, -0.2) is 0 Å². The summed E-state index contributed by atoms with van der Waals surface area (Å²) in [6.07, 6.45) is 0.958. The van der Waals surface area contributed by atoms with Gasteiger partial charge in [-0.05, 0) is 18.8 Å². The average Bonchev–Trinajstić information content (AvgIpc) is 2.66. The van der Waals surface area contributed by atoms with Crippen LogP contribution < -0.4 is 0 Å². The molecule has 1 saturated heterocycles. The Bertz CT molecular complexity index is 476. The van der Waals surface area contributed by atoms with Crippen LogP contribution in [-0.4, -0.2) is 44.9 Å². The smallest absolute Gasteiger partial charge is 0.258 e. The standard InChI is InChI=1S/C13H20ClN3O2/c1-8(2)11-10(12(14)16(3)15-11)13(19)17-6-4-9(18)5-7-17/h8-9,18H,4-7H2,1-3H3. The van der Waals surface area contributed by atoms with Gasteiger partial charge in [-0.1, -0.05) is 25.4 Å². The van der Waals surface area contributed by atoms with Crippen LogP contribution in [0.15, 0.2) is 0 Å². The predicted molar refractivity (Wildman–Crippen MR) is 73.5 cm³/mol. The Morgan fingerprint density at radius 1 is 1.42 bits per heavy atom. The number of amides is 1. The zero-order chi connectivity index (χ0) is 14.2. The fourth-order valence-corrected chi connectivity index (χ4v) is 2.57. The first-order chi connectivity index (χ1) is 8.91. The molecule has 0 bridgehead atoms.